The number of nitrogens with one attached hydrogen (secondary N) is 1. The fourth-order valence-corrected chi connectivity index (χ4v) is 5.40. The van der Waals surface area contributed by atoms with E-state index in [9.17, 15) is 9.59 Å². The highest BCUT2D eigenvalue weighted by molar-refractivity contribution is 6.42. The molecular formula is C28H29Cl2NO5. The highest BCUT2D eigenvalue weighted by Gasteiger charge is 2.42. The minimum absolute atomic E-state index is 0.0575. The quantitative estimate of drug-likeness (QED) is 0.422. The maximum atomic E-state index is 13.8. The van der Waals surface area contributed by atoms with Crippen LogP contribution in [0.25, 0.3) is 0 Å². The van der Waals surface area contributed by atoms with Crippen LogP contribution in [0.2, 0.25) is 10.0 Å². The predicted octanol–water partition coefficient (Wildman–Crippen LogP) is 6.33. The fraction of sp³-hybridized carbons (Fsp3) is 0.357. The number of ketones is 1. The lowest BCUT2D eigenvalue weighted by atomic mass is 9.71. The van der Waals surface area contributed by atoms with E-state index in [0.29, 0.717) is 56.8 Å². The Kier molecular flexibility index (Phi) is 7.96. The summed E-state index contributed by atoms with van der Waals surface area (Å²) in [6, 6.07) is 11.0. The number of carbonyl (C=O) groups excluding carboxylic acids is 2. The number of halogens is 2. The molecule has 0 saturated heterocycles. The second kappa shape index (κ2) is 11.0. The number of allylic oxidation sites excluding steroid dienone is 3. The van der Waals surface area contributed by atoms with E-state index in [4.69, 9.17) is 37.4 Å². The topological polar surface area (TPSA) is 73.9 Å². The molecule has 190 valence electrons. The van der Waals surface area contributed by atoms with Gasteiger partial charge < -0.3 is 19.5 Å². The number of esters is 1. The molecule has 1 heterocycles. The number of carbonyl (C=O) groups is 2. The Morgan fingerprint density at radius 1 is 1.08 bits per heavy atom. The highest BCUT2D eigenvalue weighted by atomic mass is 35.5. The Balaban J connectivity index is 1.80. The van der Waals surface area contributed by atoms with Gasteiger partial charge in [-0.25, -0.2) is 4.79 Å². The van der Waals surface area contributed by atoms with Crippen LogP contribution < -0.4 is 14.8 Å². The standard InChI is InChI=1S/C28H29Cl2NO5/c1-5-11-36-28(33)24-15(2)31-20-12-17(16-9-10-22(34-3)23(14-16)35-4)13-21(32)26(20)25(24)18-7-6-8-19(29)27(18)30/h6-10,14,17,25,31H,5,11-13H2,1-4H3. The van der Waals surface area contributed by atoms with Gasteiger partial charge in [0.2, 0.25) is 0 Å². The predicted molar refractivity (Wildman–Crippen MR) is 140 cm³/mol. The largest absolute Gasteiger partial charge is 0.493 e. The summed E-state index contributed by atoms with van der Waals surface area (Å²) in [5.41, 5.74) is 3.91. The maximum Gasteiger partial charge on any atom is 0.336 e. The Hall–Kier alpha value is -2.96. The molecule has 8 heteroatoms. The Morgan fingerprint density at radius 2 is 1.83 bits per heavy atom. The van der Waals surface area contributed by atoms with Crippen LogP contribution in [0.15, 0.2) is 58.9 Å². The molecule has 2 aliphatic rings. The molecule has 0 saturated carbocycles. The first-order valence-electron chi connectivity index (χ1n) is 11.9. The molecule has 1 N–H and O–H groups in total. The first-order chi connectivity index (χ1) is 17.3. The smallest absolute Gasteiger partial charge is 0.336 e. The summed E-state index contributed by atoms with van der Waals surface area (Å²) in [5, 5.41) is 4.03. The average molecular weight is 530 g/mol. The summed E-state index contributed by atoms with van der Waals surface area (Å²) in [5.74, 6) is -0.0265. The van der Waals surface area contributed by atoms with Crippen LogP contribution in [-0.2, 0) is 14.3 Å². The summed E-state index contributed by atoms with van der Waals surface area (Å²) in [6.07, 6.45) is 1.55. The Labute approximate surface area is 221 Å². The van der Waals surface area contributed by atoms with Gasteiger partial charge in [-0.1, -0.05) is 48.3 Å². The van der Waals surface area contributed by atoms with Gasteiger partial charge >= 0.3 is 5.97 Å². The van der Waals surface area contributed by atoms with Crippen molar-refractivity contribution in [1.29, 1.82) is 0 Å². The third kappa shape index (κ3) is 4.84. The minimum atomic E-state index is -0.671. The number of ether oxygens (including phenoxy) is 3. The molecular weight excluding hydrogens is 501 g/mol. The monoisotopic (exact) mass is 529 g/mol. The number of Topliss-reactive ketones (excluding diaryl/α,β-unsaturated/α-hetero) is 1. The number of hydrogen-bond acceptors (Lipinski definition) is 6. The maximum absolute atomic E-state index is 13.8. The molecule has 2 atom stereocenters. The van der Waals surface area contributed by atoms with Crippen molar-refractivity contribution in [2.45, 2.75) is 44.9 Å². The Morgan fingerprint density at radius 3 is 2.53 bits per heavy atom. The molecule has 0 amide bonds. The van der Waals surface area contributed by atoms with Gasteiger partial charge in [0.15, 0.2) is 17.3 Å². The fourth-order valence-electron chi connectivity index (χ4n) is 4.98. The van der Waals surface area contributed by atoms with Gasteiger partial charge in [-0.3, -0.25) is 4.79 Å². The van der Waals surface area contributed by atoms with Crippen molar-refractivity contribution in [2.75, 3.05) is 20.8 Å². The molecule has 36 heavy (non-hydrogen) atoms. The summed E-state index contributed by atoms with van der Waals surface area (Å²) in [7, 11) is 3.17. The number of rotatable bonds is 7. The molecule has 4 rings (SSSR count). The number of dihydropyridines is 1. The van der Waals surface area contributed by atoms with Crippen molar-refractivity contribution in [3.05, 3.63) is 80.1 Å². The van der Waals surface area contributed by atoms with Crippen LogP contribution in [0.1, 0.15) is 56.1 Å². The van der Waals surface area contributed by atoms with Gasteiger partial charge in [0.25, 0.3) is 0 Å². The summed E-state index contributed by atoms with van der Waals surface area (Å²) in [4.78, 5) is 26.9. The second-order valence-electron chi connectivity index (χ2n) is 8.91. The van der Waals surface area contributed by atoms with Gasteiger partial charge in [0, 0.05) is 29.3 Å². The highest BCUT2D eigenvalue weighted by Crippen LogP contribution is 2.48. The van der Waals surface area contributed by atoms with E-state index in [1.54, 1.807) is 26.4 Å². The van der Waals surface area contributed by atoms with E-state index < -0.39 is 11.9 Å². The van der Waals surface area contributed by atoms with Crippen molar-refractivity contribution in [2.24, 2.45) is 0 Å². The molecule has 1 aliphatic heterocycles. The molecule has 2 aromatic rings. The van der Waals surface area contributed by atoms with Crippen LogP contribution in [0.5, 0.6) is 11.5 Å². The summed E-state index contributed by atoms with van der Waals surface area (Å²) in [6.45, 7) is 4.04. The molecule has 0 spiro atoms. The molecule has 2 aromatic carbocycles. The van der Waals surface area contributed by atoms with Crippen LogP contribution in [-0.4, -0.2) is 32.6 Å². The van der Waals surface area contributed by atoms with E-state index >= 15 is 0 Å². The van der Waals surface area contributed by atoms with E-state index in [1.165, 1.54) is 0 Å². The van der Waals surface area contributed by atoms with Gasteiger partial charge in [-0.2, -0.15) is 0 Å². The average Bonchev–Trinajstić information content (AvgIpc) is 2.87. The van der Waals surface area contributed by atoms with Crippen LogP contribution in [0, 0.1) is 0 Å². The van der Waals surface area contributed by atoms with Gasteiger partial charge in [0.05, 0.1) is 36.4 Å². The SMILES string of the molecule is CCCOC(=O)C1=C(C)NC2=C(C(=O)CC(c3ccc(OC)c(OC)c3)C2)C1c1cccc(Cl)c1Cl. The van der Waals surface area contributed by atoms with Gasteiger partial charge in [-0.15, -0.1) is 0 Å². The van der Waals surface area contributed by atoms with E-state index in [-0.39, 0.29) is 24.7 Å². The third-order valence-electron chi connectivity index (χ3n) is 6.66. The minimum Gasteiger partial charge on any atom is -0.493 e. The van der Waals surface area contributed by atoms with Crippen LogP contribution >= 0.6 is 23.2 Å². The van der Waals surface area contributed by atoms with E-state index in [2.05, 4.69) is 5.32 Å². The summed E-state index contributed by atoms with van der Waals surface area (Å²) >= 11 is 13.0. The van der Waals surface area contributed by atoms with Gasteiger partial charge in [0.1, 0.15) is 0 Å². The van der Waals surface area contributed by atoms with Crippen LogP contribution in [0.3, 0.4) is 0 Å². The Bertz CT molecular complexity index is 1270. The number of hydrogen-bond donors (Lipinski definition) is 1. The lowest BCUT2D eigenvalue weighted by Crippen LogP contribution is -2.36. The molecule has 6 nitrogen and oxygen atoms in total. The lowest BCUT2D eigenvalue weighted by Gasteiger charge is -2.37. The zero-order valence-electron chi connectivity index (χ0n) is 20.7. The zero-order valence-corrected chi connectivity index (χ0v) is 22.3. The van der Waals surface area contributed by atoms with Crippen molar-refractivity contribution in [3.8, 4) is 11.5 Å². The molecule has 1 aliphatic carbocycles. The lowest BCUT2D eigenvalue weighted by molar-refractivity contribution is -0.139. The number of benzene rings is 2. The van der Waals surface area contributed by atoms with Crippen molar-refractivity contribution < 1.29 is 23.8 Å². The number of methoxy groups -OCH3 is 2. The first-order valence-corrected chi connectivity index (χ1v) is 12.6. The molecule has 0 fully saturated rings. The van der Waals surface area contributed by atoms with Crippen molar-refractivity contribution >= 4 is 35.0 Å². The molecule has 2 unspecified atom stereocenters. The van der Waals surface area contributed by atoms with Crippen molar-refractivity contribution in [1.82, 2.24) is 5.32 Å². The first kappa shape index (κ1) is 26.1. The zero-order chi connectivity index (χ0) is 26.0. The van der Waals surface area contributed by atoms with Crippen LogP contribution in [0.4, 0.5) is 0 Å². The normalized spacial score (nSPS) is 19.6. The van der Waals surface area contributed by atoms with Crippen molar-refractivity contribution in [3.63, 3.8) is 0 Å². The molecule has 0 aromatic heterocycles. The summed E-state index contributed by atoms with van der Waals surface area (Å²) < 4.78 is 16.3. The molecule has 0 bridgehead atoms. The van der Waals surface area contributed by atoms with E-state index in [1.807, 2.05) is 38.1 Å². The molecule has 0 radical (unpaired) electrons. The van der Waals surface area contributed by atoms with E-state index in [0.717, 1.165) is 11.3 Å². The second-order valence-corrected chi connectivity index (χ2v) is 9.70. The van der Waals surface area contributed by atoms with Gasteiger partial charge in [-0.05, 0) is 55.0 Å². The third-order valence-corrected chi connectivity index (χ3v) is 7.49.